The van der Waals surface area contributed by atoms with Crippen LogP contribution in [-0.2, 0) is 16.1 Å². The van der Waals surface area contributed by atoms with Gasteiger partial charge in [0.2, 0.25) is 0 Å². The summed E-state index contributed by atoms with van der Waals surface area (Å²) < 4.78 is 5.72. The Kier molecular flexibility index (Phi) is 3.74. The molecule has 1 heterocycles. The van der Waals surface area contributed by atoms with Crippen LogP contribution in [0.2, 0.25) is 0 Å². The Balaban J connectivity index is 2.32. The molecule has 2 unspecified atom stereocenters. The van der Waals surface area contributed by atoms with Gasteiger partial charge >= 0.3 is 5.97 Å². The van der Waals surface area contributed by atoms with Gasteiger partial charge in [0.15, 0.2) is 12.5 Å². The number of anilines is 2. The number of ether oxygens (including phenoxy) is 1. The SMILES string of the molecule is CC(=O)OCc1cc(Br)cc2c1NC(O)C(O)N2. The standard InChI is InChI=1S/C11H13BrN2O4/c1-5(15)18-4-6-2-7(12)3-8-9(6)14-11(17)10(16)13-8/h2-3,10-11,13-14,16-17H,4H2,1H3. The molecule has 18 heavy (non-hydrogen) atoms. The molecule has 0 radical (unpaired) electrons. The first-order chi connectivity index (χ1) is 8.47. The van der Waals surface area contributed by atoms with Gasteiger partial charge in [-0.25, -0.2) is 0 Å². The number of aliphatic hydroxyl groups is 2. The van der Waals surface area contributed by atoms with Crippen molar-refractivity contribution in [2.45, 2.75) is 26.0 Å². The fourth-order valence-corrected chi connectivity index (χ4v) is 2.21. The molecular weight excluding hydrogens is 304 g/mol. The number of carbonyl (C=O) groups excluding carboxylic acids is 1. The third kappa shape index (κ3) is 2.74. The van der Waals surface area contributed by atoms with Crippen LogP contribution in [0.15, 0.2) is 16.6 Å². The van der Waals surface area contributed by atoms with Crippen LogP contribution in [0.3, 0.4) is 0 Å². The number of benzene rings is 1. The van der Waals surface area contributed by atoms with E-state index in [0.717, 1.165) is 4.47 Å². The van der Waals surface area contributed by atoms with Gasteiger partial charge in [-0.1, -0.05) is 15.9 Å². The molecule has 0 amide bonds. The van der Waals surface area contributed by atoms with Crippen LogP contribution >= 0.6 is 15.9 Å². The number of fused-ring (bicyclic) bond motifs is 1. The highest BCUT2D eigenvalue weighted by atomic mass is 79.9. The first-order valence-corrected chi connectivity index (χ1v) is 6.11. The highest BCUT2D eigenvalue weighted by Gasteiger charge is 2.26. The minimum atomic E-state index is -1.12. The van der Waals surface area contributed by atoms with E-state index in [1.165, 1.54) is 6.92 Å². The Morgan fingerprint density at radius 3 is 2.72 bits per heavy atom. The van der Waals surface area contributed by atoms with Crippen LogP contribution in [0.1, 0.15) is 12.5 Å². The van der Waals surface area contributed by atoms with Crippen molar-refractivity contribution < 1.29 is 19.7 Å². The number of carbonyl (C=O) groups is 1. The predicted molar refractivity (Wildman–Crippen MR) is 68.9 cm³/mol. The summed E-state index contributed by atoms with van der Waals surface area (Å²) >= 11 is 3.33. The second kappa shape index (κ2) is 5.13. The van der Waals surface area contributed by atoms with Crippen LogP contribution in [0.4, 0.5) is 11.4 Å². The van der Waals surface area contributed by atoms with Gasteiger partial charge in [0, 0.05) is 17.0 Å². The van der Waals surface area contributed by atoms with E-state index >= 15 is 0 Å². The summed E-state index contributed by atoms with van der Waals surface area (Å²) in [4.78, 5) is 10.8. The van der Waals surface area contributed by atoms with E-state index in [2.05, 4.69) is 26.6 Å². The van der Waals surface area contributed by atoms with Crippen molar-refractivity contribution in [2.24, 2.45) is 0 Å². The highest BCUT2D eigenvalue weighted by Crippen LogP contribution is 2.34. The first kappa shape index (κ1) is 13.1. The average Bonchev–Trinajstić information content (AvgIpc) is 2.28. The van der Waals surface area contributed by atoms with Gasteiger partial charge < -0.3 is 25.6 Å². The Morgan fingerprint density at radius 2 is 2.06 bits per heavy atom. The zero-order valence-electron chi connectivity index (χ0n) is 9.61. The second-order valence-electron chi connectivity index (χ2n) is 3.95. The molecule has 6 nitrogen and oxygen atoms in total. The summed E-state index contributed by atoms with van der Waals surface area (Å²) in [6.07, 6.45) is -2.21. The number of hydrogen-bond acceptors (Lipinski definition) is 6. The van der Waals surface area contributed by atoms with Gasteiger partial charge in [0.1, 0.15) is 6.61 Å². The molecule has 98 valence electrons. The number of aliphatic hydroxyl groups excluding tert-OH is 2. The quantitative estimate of drug-likeness (QED) is 0.608. The van der Waals surface area contributed by atoms with E-state index in [4.69, 9.17) is 4.74 Å². The van der Waals surface area contributed by atoms with Gasteiger partial charge in [-0.2, -0.15) is 0 Å². The molecule has 0 aliphatic carbocycles. The van der Waals surface area contributed by atoms with E-state index in [-0.39, 0.29) is 12.6 Å². The molecule has 2 rings (SSSR count). The number of esters is 1. The third-order valence-electron chi connectivity index (χ3n) is 2.51. The zero-order valence-corrected chi connectivity index (χ0v) is 11.2. The van der Waals surface area contributed by atoms with E-state index in [0.29, 0.717) is 16.9 Å². The molecule has 0 aromatic heterocycles. The molecule has 1 aliphatic rings. The number of hydrogen-bond donors (Lipinski definition) is 4. The number of nitrogens with one attached hydrogen (secondary N) is 2. The molecule has 7 heteroatoms. The van der Waals surface area contributed by atoms with E-state index < -0.39 is 12.5 Å². The smallest absolute Gasteiger partial charge is 0.302 e. The minimum Gasteiger partial charge on any atom is -0.461 e. The van der Waals surface area contributed by atoms with Crippen LogP contribution in [-0.4, -0.2) is 28.6 Å². The number of halogens is 1. The molecule has 0 spiro atoms. The topological polar surface area (TPSA) is 90.8 Å². The van der Waals surface area contributed by atoms with Gasteiger partial charge in [-0.3, -0.25) is 4.79 Å². The van der Waals surface area contributed by atoms with E-state index in [9.17, 15) is 15.0 Å². The van der Waals surface area contributed by atoms with Crippen LogP contribution < -0.4 is 10.6 Å². The van der Waals surface area contributed by atoms with Gasteiger partial charge in [0.05, 0.1) is 11.4 Å². The summed E-state index contributed by atoms with van der Waals surface area (Å²) in [5.74, 6) is -0.381. The summed E-state index contributed by atoms with van der Waals surface area (Å²) in [7, 11) is 0. The fraction of sp³-hybridized carbons (Fsp3) is 0.364. The molecule has 4 N–H and O–H groups in total. The van der Waals surface area contributed by atoms with Crippen molar-refractivity contribution in [3.8, 4) is 0 Å². The largest absolute Gasteiger partial charge is 0.461 e. The van der Waals surface area contributed by atoms with Crippen molar-refractivity contribution in [1.82, 2.24) is 0 Å². The van der Waals surface area contributed by atoms with Crippen molar-refractivity contribution in [3.05, 3.63) is 22.2 Å². The lowest BCUT2D eigenvalue weighted by atomic mass is 10.1. The highest BCUT2D eigenvalue weighted by molar-refractivity contribution is 9.10. The van der Waals surface area contributed by atoms with E-state index in [1.807, 2.05) is 0 Å². The Morgan fingerprint density at radius 1 is 1.39 bits per heavy atom. The molecule has 0 saturated carbocycles. The van der Waals surface area contributed by atoms with Crippen molar-refractivity contribution in [3.63, 3.8) is 0 Å². The fourth-order valence-electron chi connectivity index (χ4n) is 1.71. The lowest BCUT2D eigenvalue weighted by molar-refractivity contribution is -0.142. The Labute approximate surface area is 112 Å². The van der Waals surface area contributed by atoms with Gasteiger partial charge in [-0.15, -0.1) is 0 Å². The molecule has 1 aliphatic heterocycles. The molecule has 0 fully saturated rings. The number of rotatable bonds is 2. The maximum Gasteiger partial charge on any atom is 0.302 e. The summed E-state index contributed by atoms with van der Waals surface area (Å²) in [6.45, 7) is 1.42. The van der Waals surface area contributed by atoms with Crippen LogP contribution in [0, 0.1) is 0 Å². The normalized spacial score (nSPS) is 21.6. The first-order valence-electron chi connectivity index (χ1n) is 5.32. The van der Waals surface area contributed by atoms with Crippen LogP contribution in [0.5, 0.6) is 0 Å². The maximum atomic E-state index is 10.8. The average molecular weight is 317 g/mol. The van der Waals surface area contributed by atoms with E-state index in [1.54, 1.807) is 12.1 Å². The predicted octanol–water partition coefficient (Wildman–Crippen LogP) is 0.986. The Hall–Kier alpha value is -1.31. The molecule has 1 aromatic rings. The molecule has 0 saturated heterocycles. The zero-order chi connectivity index (χ0) is 13.3. The maximum absolute atomic E-state index is 10.8. The van der Waals surface area contributed by atoms with Gasteiger partial charge in [0.25, 0.3) is 0 Å². The summed E-state index contributed by atoms with van der Waals surface area (Å²) in [5.41, 5.74) is 1.94. The Bertz CT molecular complexity index is 480. The summed E-state index contributed by atoms with van der Waals surface area (Å²) in [5, 5.41) is 24.6. The lowest BCUT2D eigenvalue weighted by Gasteiger charge is -2.31. The summed E-state index contributed by atoms with van der Waals surface area (Å²) in [6, 6.07) is 3.54. The molecule has 0 bridgehead atoms. The molecule has 2 atom stereocenters. The molecular formula is C11H13BrN2O4. The van der Waals surface area contributed by atoms with Crippen molar-refractivity contribution in [1.29, 1.82) is 0 Å². The third-order valence-corrected chi connectivity index (χ3v) is 2.97. The van der Waals surface area contributed by atoms with Crippen LogP contribution in [0.25, 0.3) is 0 Å². The van der Waals surface area contributed by atoms with Crippen molar-refractivity contribution in [2.75, 3.05) is 10.6 Å². The lowest BCUT2D eigenvalue weighted by Crippen LogP contribution is -2.43. The molecule has 1 aromatic carbocycles. The minimum absolute atomic E-state index is 0.0919. The van der Waals surface area contributed by atoms with Crippen molar-refractivity contribution >= 4 is 33.3 Å². The second-order valence-corrected chi connectivity index (χ2v) is 4.86. The van der Waals surface area contributed by atoms with Gasteiger partial charge in [-0.05, 0) is 12.1 Å². The monoisotopic (exact) mass is 316 g/mol.